The third-order valence-corrected chi connectivity index (χ3v) is 5.47. The summed E-state index contributed by atoms with van der Waals surface area (Å²) in [5.74, 6) is 1.67. The summed E-state index contributed by atoms with van der Waals surface area (Å²) >= 11 is 6.02. The van der Waals surface area contributed by atoms with Gasteiger partial charge in [-0.05, 0) is 68.8 Å². The highest BCUT2D eigenvalue weighted by Crippen LogP contribution is 2.26. The maximum atomic E-state index is 12.6. The van der Waals surface area contributed by atoms with Crippen LogP contribution < -0.4 is 14.8 Å². The fourth-order valence-corrected chi connectivity index (χ4v) is 3.40. The van der Waals surface area contributed by atoms with E-state index < -0.39 is 0 Å². The van der Waals surface area contributed by atoms with Gasteiger partial charge in [0.1, 0.15) is 17.8 Å². The standard InChI is InChI=1S/C24H22ClN5O3/c1-14-15(2)29-30(16(14)3)22-12-23(27-13-26-22)33-19-8-6-18(7-9-19)28-24(31)20-11-17(25)5-10-21(20)32-4/h5-13H,1-4H3,(H,28,31). The number of benzene rings is 2. The lowest BCUT2D eigenvalue weighted by atomic mass is 10.2. The first-order valence-corrected chi connectivity index (χ1v) is 10.5. The number of ether oxygens (including phenoxy) is 2. The molecule has 33 heavy (non-hydrogen) atoms. The Hall–Kier alpha value is -3.91. The second kappa shape index (κ2) is 9.30. The number of anilines is 1. The highest BCUT2D eigenvalue weighted by atomic mass is 35.5. The zero-order valence-corrected chi connectivity index (χ0v) is 19.3. The summed E-state index contributed by atoms with van der Waals surface area (Å²) in [6, 6.07) is 13.5. The minimum Gasteiger partial charge on any atom is -0.496 e. The largest absolute Gasteiger partial charge is 0.496 e. The first-order valence-electron chi connectivity index (χ1n) is 10.1. The molecule has 0 unspecified atom stereocenters. The predicted molar refractivity (Wildman–Crippen MR) is 126 cm³/mol. The SMILES string of the molecule is COc1ccc(Cl)cc1C(=O)Nc1ccc(Oc2cc(-n3nc(C)c(C)c3C)ncn2)cc1. The molecule has 0 spiro atoms. The van der Waals surface area contributed by atoms with Crippen LogP contribution in [0.3, 0.4) is 0 Å². The van der Waals surface area contributed by atoms with Gasteiger partial charge in [0.25, 0.3) is 5.91 Å². The number of methoxy groups -OCH3 is 1. The van der Waals surface area contributed by atoms with Crippen LogP contribution >= 0.6 is 11.6 Å². The number of aromatic nitrogens is 4. The summed E-state index contributed by atoms with van der Waals surface area (Å²) in [6.07, 6.45) is 1.43. The van der Waals surface area contributed by atoms with Crippen LogP contribution in [0, 0.1) is 20.8 Å². The van der Waals surface area contributed by atoms with Gasteiger partial charge in [0.15, 0.2) is 5.82 Å². The van der Waals surface area contributed by atoms with E-state index >= 15 is 0 Å². The van der Waals surface area contributed by atoms with Crippen molar-refractivity contribution in [2.75, 3.05) is 12.4 Å². The Bertz CT molecular complexity index is 1320. The lowest BCUT2D eigenvalue weighted by Crippen LogP contribution is -2.13. The van der Waals surface area contributed by atoms with Crippen LogP contribution in [0.25, 0.3) is 5.82 Å². The van der Waals surface area contributed by atoms with Crippen LogP contribution in [-0.2, 0) is 0 Å². The Balaban J connectivity index is 1.48. The van der Waals surface area contributed by atoms with E-state index in [0.29, 0.717) is 39.5 Å². The number of carbonyl (C=O) groups excluding carboxylic acids is 1. The molecule has 4 aromatic rings. The second-order valence-electron chi connectivity index (χ2n) is 7.35. The number of nitrogens with one attached hydrogen (secondary N) is 1. The molecule has 1 amide bonds. The molecule has 0 atom stereocenters. The highest BCUT2D eigenvalue weighted by molar-refractivity contribution is 6.31. The molecule has 0 aliphatic heterocycles. The number of nitrogens with zero attached hydrogens (tertiary/aromatic N) is 4. The lowest BCUT2D eigenvalue weighted by molar-refractivity contribution is 0.102. The summed E-state index contributed by atoms with van der Waals surface area (Å²) in [7, 11) is 1.50. The van der Waals surface area contributed by atoms with Crippen molar-refractivity contribution in [2.45, 2.75) is 20.8 Å². The number of amides is 1. The van der Waals surface area contributed by atoms with Crippen LogP contribution in [0.15, 0.2) is 54.9 Å². The van der Waals surface area contributed by atoms with Gasteiger partial charge in [-0.1, -0.05) is 11.6 Å². The van der Waals surface area contributed by atoms with Crippen LogP contribution in [0.4, 0.5) is 5.69 Å². The van der Waals surface area contributed by atoms with Gasteiger partial charge < -0.3 is 14.8 Å². The number of carbonyl (C=O) groups is 1. The normalized spacial score (nSPS) is 10.7. The van der Waals surface area contributed by atoms with E-state index in [1.165, 1.54) is 13.4 Å². The van der Waals surface area contributed by atoms with Gasteiger partial charge in [-0.25, -0.2) is 14.6 Å². The van der Waals surface area contributed by atoms with E-state index in [4.69, 9.17) is 21.1 Å². The van der Waals surface area contributed by atoms with Crippen LogP contribution in [0.2, 0.25) is 5.02 Å². The van der Waals surface area contributed by atoms with Crippen molar-refractivity contribution in [3.05, 3.63) is 82.4 Å². The van der Waals surface area contributed by atoms with E-state index in [1.807, 2.05) is 20.8 Å². The Morgan fingerprint density at radius 3 is 2.45 bits per heavy atom. The molecule has 2 aromatic carbocycles. The molecule has 0 bridgehead atoms. The number of halogens is 1. The fourth-order valence-electron chi connectivity index (χ4n) is 3.23. The summed E-state index contributed by atoms with van der Waals surface area (Å²) in [4.78, 5) is 21.1. The Morgan fingerprint density at radius 1 is 1.03 bits per heavy atom. The zero-order valence-electron chi connectivity index (χ0n) is 18.6. The van der Waals surface area contributed by atoms with E-state index in [1.54, 1.807) is 53.2 Å². The first kappa shape index (κ1) is 22.3. The molecule has 2 aromatic heterocycles. The second-order valence-corrected chi connectivity index (χ2v) is 7.78. The first-order chi connectivity index (χ1) is 15.9. The molecule has 9 heteroatoms. The summed E-state index contributed by atoms with van der Waals surface area (Å²) in [5, 5.41) is 7.80. The van der Waals surface area contributed by atoms with Gasteiger partial charge in [-0.2, -0.15) is 5.10 Å². The van der Waals surface area contributed by atoms with Gasteiger partial charge in [-0.3, -0.25) is 4.79 Å². The smallest absolute Gasteiger partial charge is 0.259 e. The van der Waals surface area contributed by atoms with Gasteiger partial charge >= 0.3 is 0 Å². The van der Waals surface area contributed by atoms with Crippen molar-refractivity contribution in [3.8, 4) is 23.2 Å². The third-order valence-electron chi connectivity index (χ3n) is 5.24. The monoisotopic (exact) mass is 463 g/mol. The molecule has 0 saturated carbocycles. The number of aryl methyl sites for hydroxylation is 1. The predicted octanol–water partition coefficient (Wildman–Crippen LogP) is 5.29. The Labute approximate surface area is 196 Å². The molecule has 0 aliphatic carbocycles. The topological polar surface area (TPSA) is 91.2 Å². The zero-order chi connectivity index (χ0) is 23.5. The summed E-state index contributed by atoms with van der Waals surface area (Å²) in [5.41, 5.74) is 4.01. The number of hydrogen-bond acceptors (Lipinski definition) is 6. The molecule has 0 aliphatic rings. The van der Waals surface area contributed by atoms with Crippen molar-refractivity contribution in [3.63, 3.8) is 0 Å². The average Bonchev–Trinajstić information content (AvgIpc) is 3.07. The van der Waals surface area contributed by atoms with Crippen molar-refractivity contribution < 1.29 is 14.3 Å². The number of hydrogen-bond donors (Lipinski definition) is 1. The van der Waals surface area contributed by atoms with Crippen molar-refractivity contribution in [2.24, 2.45) is 0 Å². The Kier molecular flexibility index (Phi) is 6.28. The van der Waals surface area contributed by atoms with Gasteiger partial charge in [0.05, 0.1) is 18.4 Å². The minimum atomic E-state index is -0.330. The lowest BCUT2D eigenvalue weighted by Gasteiger charge is -2.11. The molecule has 0 fully saturated rings. The van der Waals surface area contributed by atoms with Crippen LogP contribution in [0.5, 0.6) is 17.4 Å². The fraction of sp³-hybridized carbons (Fsp3) is 0.167. The maximum Gasteiger partial charge on any atom is 0.259 e. The summed E-state index contributed by atoms with van der Waals surface area (Å²) < 4.78 is 12.9. The molecular formula is C24H22ClN5O3. The van der Waals surface area contributed by atoms with Crippen molar-refractivity contribution in [1.82, 2.24) is 19.7 Å². The van der Waals surface area contributed by atoms with Gasteiger partial charge in [-0.15, -0.1) is 0 Å². The van der Waals surface area contributed by atoms with Gasteiger partial charge in [0.2, 0.25) is 5.88 Å². The molecule has 0 radical (unpaired) electrons. The molecule has 4 rings (SSSR count). The molecule has 168 valence electrons. The van der Waals surface area contributed by atoms with Crippen molar-refractivity contribution in [1.29, 1.82) is 0 Å². The third kappa shape index (κ3) is 4.80. The maximum absolute atomic E-state index is 12.6. The molecule has 1 N–H and O–H groups in total. The molecular weight excluding hydrogens is 442 g/mol. The number of rotatable bonds is 6. The van der Waals surface area contributed by atoms with E-state index in [-0.39, 0.29) is 5.91 Å². The Morgan fingerprint density at radius 2 is 1.79 bits per heavy atom. The van der Waals surface area contributed by atoms with Crippen LogP contribution in [0.1, 0.15) is 27.3 Å². The molecule has 0 saturated heterocycles. The van der Waals surface area contributed by atoms with E-state index in [0.717, 1.165) is 17.0 Å². The quantitative estimate of drug-likeness (QED) is 0.417. The minimum absolute atomic E-state index is 0.330. The summed E-state index contributed by atoms with van der Waals surface area (Å²) in [6.45, 7) is 5.97. The van der Waals surface area contributed by atoms with E-state index in [9.17, 15) is 4.79 Å². The van der Waals surface area contributed by atoms with Gasteiger partial charge in [0, 0.05) is 22.5 Å². The molecule has 2 heterocycles. The molecule has 8 nitrogen and oxygen atoms in total. The van der Waals surface area contributed by atoms with E-state index in [2.05, 4.69) is 20.4 Å². The highest BCUT2D eigenvalue weighted by Gasteiger charge is 2.14. The van der Waals surface area contributed by atoms with Crippen molar-refractivity contribution >= 4 is 23.2 Å². The van der Waals surface area contributed by atoms with Crippen LogP contribution in [-0.4, -0.2) is 32.8 Å². The average molecular weight is 464 g/mol.